The Labute approximate surface area is 198 Å². The first-order chi connectivity index (χ1) is 16.3. The van der Waals surface area contributed by atoms with Crippen LogP contribution in [0.1, 0.15) is 45.4 Å². The predicted octanol–water partition coefficient (Wildman–Crippen LogP) is 1.04. The van der Waals surface area contributed by atoms with Crippen LogP contribution in [-0.2, 0) is 11.8 Å². The van der Waals surface area contributed by atoms with Crippen LogP contribution >= 0.6 is 0 Å². The van der Waals surface area contributed by atoms with Crippen LogP contribution in [0.15, 0.2) is 23.0 Å². The molecule has 0 saturated carbocycles. The summed E-state index contributed by atoms with van der Waals surface area (Å²) >= 11 is 0. The molecule has 10 heteroatoms. The molecule has 3 rings (SSSR count). The molecule has 5 atom stereocenters. The third-order valence-electron chi connectivity index (χ3n) is 6.16. The van der Waals surface area contributed by atoms with Crippen LogP contribution in [0, 0.1) is 0 Å². The molecule has 34 heavy (non-hydrogen) atoms. The van der Waals surface area contributed by atoms with E-state index in [0.29, 0.717) is 23.2 Å². The maximum Gasteiger partial charge on any atom is 0.297 e. The Kier molecular flexibility index (Phi) is 9.15. The number of aliphatic hydroxyl groups is 4. The topological polar surface area (TPSA) is 157 Å². The Morgan fingerprint density at radius 1 is 0.971 bits per heavy atom. The fourth-order valence-corrected chi connectivity index (χ4v) is 4.06. The van der Waals surface area contributed by atoms with Gasteiger partial charge in [-0.05, 0) is 24.6 Å². The van der Waals surface area contributed by atoms with Crippen molar-refractivity contribution in [1.82, 2.24) is 4.57 Å². The molecule has 1 aromatic heterocycles. The van der Waals surface area contributed by atoms with Crippen molar-refractivity contribution in [2.75, 3.05) is 18.9 Å². The quantitative estimate of drug-likeness (QED) is 0.234. The number of aliphatic hydroxyl groups excluding tert-OH is 4. The van der Waals surface area contributed by atoms with E-state index in [4.69, 9.17) is 19.9 Å². The van der Waals surface area contributed by atoms with Crippen molar-refractivity contribution in [3.05, 3.63) is 28.6 Å². The normalized spacial score (nSPS) is 24.9. The molecule has 2 aromatic rings. The first-order valence-electron chi connectivity index (χ1n) is 11.8. The molecular weight excluding hydrogens is 444 g/mol. The number of ether oxygens (including phenoxy) is 3. The van der Waals surface area contributed by atoms with Gasteiger partial charge in [0.25, 0.3) is 5.56 Å². The molecule has 0 amide bonds. The highest BCUT2D eigenvalue weighted by molar-refractivity contribution is 5.90. The van der Waals surface area contributed by atoms with E-state index in [2.05, 4.69) is 6.92 Å². The molecule has 6 N–H and O–H groups in total. The van der Waals surface area contributed by atoms with Crippen LogP contribution in [0.25, 0.3) is 10.9 Å². The van der Waals surface area contributed by atoms with Gasteiger partial charge < -0.3 is 44.9 Å². The smallest absolute Gasteiger partial charge is 0.297 e. The molecule has 0 unspecified atom stereocenters. The van der Waals surface area contributed by atoms with E-state index in [1.54, 1.807) is 25.2 Å². The molecule has 190 valence electrons. The standard InChI is InChI=1S/C24H36N2O8/c1-3-4-5-6-7-8-11-32-22-21(15-10-9-14(25)12-16(15)26(2)23(22)30)33-13-17-18(27)19(28)20(29)24(31)34-17/h9-10,12,17-20,24,27-29,31H,3-8,11,13,25H2,1-2H3/t17-,18+,19+,20-,24+/m0/s1. The van der Waals surface area contributed by atoms with Gasteiger partial charge in [0, 0.05) is 18.1 Å². The first-order valence-corrected chi connectivity index (χ1v) is 11.8. The highest BCUT2D eigenvalue weighted by Gasteiger charge is 2.43. The van der Waals surface area contributed by atoms with E-state index >= 15 is 0 Å². The van der Waals surface area contributed by atoms with Crippen LogP contribution in [0.2, 0.25) is 0 Å². The minimum atomic E-state index is -1.68. The van der Waals surface area contributed by atoms with Crippen molar-refractivity contribution < 1.29 is 34.6 Å². The lowest BCUT2D eigenvalue weighted by Gasteiger charge is -2.38. The number of aryl methyl sites for hydroxylation is 1. The van der Waals surface area contributed by atoms with E-state index in [1.165, 1.54) is 23.8 Å². The second-order valence-electron chi connectivity index (χ2n) is 8.76. The summed E-state index contributed by atoms with van der Waals surface area (Å²) in [5, 5.41) is 40.3. The average Bonchev–Trinajstić information content (AvgIpc) is 2.82. The Morgan fingerprint density at radius 3 is 2.41 bits per heavy atom. The highest BCUT2D eigenvalue weighted by atomic mass is 16.6. The van der Waals surface area contributed by atoms with Crippen LogP contribution in [0.5, 0.6) is 11.5 Å². The van der Waals surface area contributed by atoms with Crippen LogP contribution < -0.4 is 20.8 Å². The summed E-state index contributed by atoms with van der Waals surface area (Å²) in [5.41, 5.74) is 6.52. The fraction of sp³-hybridized carbons (Fsp3) is 0.625. The van der Waals surface area contributed by atoms with Crippen LogP contribution in [0.3, 0.4) is 0 Å². The minimum Gasteiger partial charge on any atom is -0.486 e. The van der Waals surface area contributed by atoms with E-state index in [0.717, 1.165) is 19.3 Å². The molecule has 1 aliphatic rings. The number of benzene rings is 1. The van der Waals surface area contributed by atoms with Gasteiger partial charge in [-0.2, -0.15) is 0 Å². The summed E-state index contributed by atoms with van der Waals surface area (Å²) in [4.78, 5) is 13.1. The van der Waals surface area contributed by atoms with Crippen molar-refractivity contribution in [1.29, 1.82) is 0 Å². The summed E-state index contributed by atoms with van der Waals surface area (Å²) < 4.78 is 18.4. The first kappa shape index (κ1) is 26.2. The van der Waals surface area contributed by atoms with Gasteiger partial charge >= 0.3 is 0 Å². The lowest BCUT2D eigenvalue weighted by molar-refractivity contribution is -0.285. The SMILES string of the molecule is CCCCCCCCOc1c(OC[C@@H]2O[C@@H](O)[C@@H](O)[C@H](O)[C@@H]2O)c2ccc(N)cc2n(C)c1=O. The molecule has 1 fully saturated rings. The van der Waals surface area contributed by atoms with E-state index in [-0.39, 0.29) is 18.1 Å². The van der Waals surface area contributed by atoms with E-state index < -0.39 is 36.3 Å². The monoisotopic (exact) mass is 480 g/mol. The zero-order valence-electron chi connectivity index (χ0n) is 19.7. The average molecular weight is 481 g/mol. The number of unbranched alkanes of at least 4 members (excludes halogenated alkanes) is 5. The zero-order valence-corrected chi connectivity index (χ0v) is 19.7. The minimum absolute atomic E-state index is 0.0276. The number of pyridine rings is 1. The summed E-state index contributed by atoms with van der Waals surface area (Å²) in [5.74, 6) is 0.190. The van der Waals surface area contributed by atoms with Crippen molar-refractivity contribution in [3.8, 4) is 11.5 Å². The summed E-state index contributed by atoms with van der Waals surface area (Å²) in [6.45, 7) is 2.20. The Bertz CT molecular complexity index is 1010. The van der Waals surface area contributed by atoms with E-state index in [1.807, 2.05) is 0 Å². The molecule has 1 saturated heterocycles. The van der Waals surface area contributed by atoms with Crippen molar-refractivity contribution in [2.45, 2.75) is 76.2 Å². The Hall–Kier alpha value is -2.37. The maximum absolute atomic E-state index is 13.1. The van der Waals surface area contributed by atoms with Gasteiger partial charge in [-0.3, -0.25) is 4.79 Å². The van der Waals surface area contributed by atoms with Gasteiger partial charge in [0.2, 0.25) is 5.75 Å². The van der Waals surface area contributed by atoms with Gasteiger partial charge in [-0.15, -0.1) is 0 Å². The summed E-state index contributed by atoms with van der Waals surface area (Å²) in [6, 6.07) is 5.03. The Balaban J connectivity index is 1.83. The lowest BCUT2D eigenvalue weighted by atomic mass is 9.99. The number of nitrogens with zero attached hydrogens (tertiary/aromatic N) is 1. The second-order valence-corrected chi connectivity index (χ2v) is 8.76. The van der Waals surface area contributed by atoms with E-state index in [9.17, 15) is 25.2 Å². The number of anilines is 1. The maximum atomic E-state index is 13.1. The molecule has 0 bridgehead atoms. The fourth-order valence-electron chi connectivity index (χ4n) is 4.06. The summed E-state index contributed by atoms with van der Waals surface area (Å²) in [7, 11) is 1.62. The van der Waals surface area contributed by atoms with Gasteiger partial charge in [0.15, 0.2) is 12.0 Å². The number of rotatable bonds is 11. The third-order valence-corrected chi connectivity index (χ3v) is 6.16. The van der Waals surface area contributed by atoms with Crippen LogP contribution in [-0.4, -0.2) is 68.9 Å². The van der Waals surface area contributed by atoms with Crippen molar-refractivity contribution in [2.24, 2.45) is 7.05 Å². The molecule has 1 aromatic carbocycles. The van der Waals surface area contributed by atoms with Gasteiger partial charge in [-0.25, -0.2) is 0 Å². The van der Waals surface area contributed by atoms with Gasteiger partial charge in [0.05, 0.1) is 12.1 Å². The molecule has 1 aliphatic heterocycles. The number of aromatic nitrogens is 1. The third kappa shape index (κ3) is 5.81. The number of hydrogen-bond acceptors (Lipinski definition) is 9. The molecular formula is C24H36N2O8. The van der Waals surface area contributed by atoms with Crippen LogP contribution in [0.4, 0.5) is 5.69 Å². The highest BCUT2D eigenvalue weighted by Crippen LogP contribution is 2.34. The molecule has 0 aliphatic carbocycles. The second kappa shape index (κ2) is 11.9. The van der Waals surface area contributed by atoms with Gasteiger partial charge in [-0.1, -0.05) is 39.0 Å². The molecule has 10 nitrogen and oxygen atoms in total. The largest absolute Gasteiger partial charge is 0.486 e. The lowest BCUT2D eigenvalue weighted by Crippen LogP contribution is -2.58. The zero-order chi connectivity index (χ0) is 24.8. The number of nitrogens with two attached hydrogens (primary N) is 1. The number of hydrogen-bond donors (Lipinski definition) is 5. The predicted molar refractivity (Wildman–Crippen MR) is 127 cm³/mol. The Morgan fingerprint density at radius 2 is 1.68 bits per heavy atom. The van der Waals surface area contributed by atoms with Crippen molar-refractivity contribution in [3.63, 3.8) is 0 Å². The molecule has 0 spiro atoms. The summed E-state index contributed by atoms with van der Waals surface area (Å²) in [6.07, 6.45) is -1.18. The molecule has 2 heterocycles. The molecule has 0 radical (unpaired) electrons. The van der Waals surface area contributed by atoms with Crippen molar-refractivity contribution >= 4 is 16.6 Å². The van der Waals surface area contributed by atoms with Gasteiger partial charge in [0.1, 0.15) is 31.0 Å². The number of fused-ring (bicyclic) bond motifs is 1. The number of nitrogen functional groups attached to an aromatic ring is 1.